The summed E-state index contributed by atoms with van der Waals surface area (Å²) in [5.74, 6) is -0.253. The number of carbonyl (C=O) groups excluding carboxylic acids is 1. The highest BCUT2D eigenvalue weighted by atomic mass is 19.1. The van der Waals surface area contributed by atoms with Crippen LogP contribution >= 0.6 is 0 Å². The summed E-state index contributed by atoms with van der Waals surface area (Å²) in [7, 11) is 0. The van der Waals surface area contributed by atoms with Crippen LogP contribution in [0.3, 0.4) is 0 Å². The predicted molar refractivity (Wildman–Crippen MR) is 135 cm³/mol. The zero-order chi connectivity index (χ0) is 26.4. The number of ether oxygens (including phenoxy) is 2. The molecule has 3 aromatic rings. The normalized spacial score (nSPS) is 17.3. The average Bonchev–Trinajstić information content (AvgIpc) is 2.82. The summed E-state index contributed by atoms with van der Waals surface area (Å²) in [6.07, 6.45) is 4.79. The lowest BCUT2D eigenvalue weighted by Crippen LogP contribution is -2.51. The monoisotopic (exact) mass is 504 g/mol. The Bertz CT molecular complexity index is 1450. The number of piperidine rings is 1. The molecule has 0 radical (unpaired) electrons. The Morgan fingerprint density at radius 1 is 1.19 bits per heavy atom. The molecule has 0 unspecified atom stereocenters. The third kappa shape index (κ3) is 4.88. The molecule has 1 aliphatic heterocycles. The lowest BCUT2D eigenvalue weighted by Gasteiger charge is -2.52. The van der Waals surface area contributed by atoms with Crippen molar-refractivity contribution in [2.45, 2.75) is 58.1 Å². The molecule has 2 aromatic carbocycles. The highest BCUT2D eigenvalue weighted by Gasteiger charge is 2.47. The number of rotatable bonds is 3. The summed E-state index contributed by atoms with van der Waals surface area (Å²) >= 11 is 0. The highest BCUT2D eigenvalue weighted by molar-refractivity contribution is 5.79. The molecule has 5 rings (SSSR count). The lowest BCUT2D eigenvalue weighted by molar-refractivity contribution is -0.0241. The topological polar surface area (TPSA) is 97.4 Å². The predicted octanol–water partition coefficient (Wildman–Crippen LogP) is 5.55. The number of hydrogen-bond acceptors (Lipinski definition) is 6. The number of amides is 1. The van der Waals surface area contributed by atoms with E-state index in [4.69, 9.17) is 9.47 Å². The van der Waals surface area contributed by atoms with Crippen molar-refractivity contribution in [2.24, 2.45) is 5.41 Å². The van der Waals surface area contributed by atoms with Crippen LogP contribution in [-0.4, -0.2) is 39.2 Å². The minimum Gasteiger partial charge on any atom is -0.456 e. The third-order valence-corrected chi connectivity index (χ3v) is 7.28. The number of nitrogens with zero attached hydrogens (tertiary/aromatic N) is 4. The van der Waals surface area contributed by atoms with Gasteiger partial charge in [0.05, 0.1) is 17.2 Å². The number of fused-ring (bicyclic) bond motifs is 1. The first-order valence-corrected chi connectivity index (χ1v) is 12.4. The first kappa shape index (κ1) is 24.8. The fourth-order valence-electron chi connectivity index (χ4n) is 5.30. The Morgan fingerprint density at radius 2 is 1.92 bits per heavy atom. The van der Waals surface area contributed by atoms with E-state index in [1.165, 1.54) is 18.2 Å². The summed E-state index contributed by atoms with van der Waals surface area (Å²) < 4.78 is 26.9. The fourth-order valence-corrected chi connectivity index (χ4v) is 5.30. The number of halogens is 1. The third-order valence-electron chi connectivity index (χ3n) is 7.28. The van der Waals surface area contributed by atoms with Crippen molar-refractivity contribution >= 4 is 17.0 Å². The number of hydrogen-bond donors (Lipinski definition) is 0. The van der Waals surface area contributed by atoms with Crippen molar-refractivity contribution < 1.29 is 18.7 Å². The van der Waals surface area contributed by atoms with Crippen LogP contribution in [0.1, 0.15) is 58.1 Å². The van der Waals surface area contributed by atoms with Gasteiger partial charge in [-0.1, -0.05) is 6.07 Å². The molecule has 2 heterocycles. The second-order valence-electron chi connectivity index (χ2n) is 11.0. The van der Waals surface area contributed by atoms with Gasteiger partial charge in [-0.3, -0.25) is 9.36 Å². The van der Waals surface area contributed by atoms with E-state index in [-0.39, 0.29) is 34.4 Å². The van der Waals surface area contributed by atoms with E-state index in [1.807, 2.05) is 26.8 Å². The van der Waals surface area contributed by atoms with Crippen molar-refractivity contribution in [1.82, 2.24) is 14.5 Å². The molecule has 2 fully saturated rings. The zero-order valence-electron chi connectivity index (χ0n) is 21.2. The SMILES string of the molecule is CC(C)(C)OC(=O)N1CCC2(CC1)CC(n1cnc3ccc(Oc4cccc(F)c4C#N)cc3c1=O)C2. The molecule has 1 amide bonds. The summed E-state index contributed by atoms with van der Waals surface area (Å²) in [5.41, 5.74) is -0.218. The van der Waals surface area contributed by atoms with Crippen LogP contribution < -0.4 is 10.3 Å². The maximum atomic E-state index is 13.9. The van der Waals surface area contributed by atoms with Crippen molar-refractivity contribution in [2.75, 3.05) is 13.1 Å². The summed E-state index contributed by atoms with van der Waals surface area (Å²) in [6.45, 7) is 6.89. The number of carbonyl (C=O) groups is 1. The molecule has 1 spiro atoms. The number of nitriles is 1. The second-order valence-corrected chi connectivity index (χ2v) is 11.0. The van der Waals surface area contributed by atoms with Crippen LogP contribution in [0.4, 0.5) is 9.18 Å². The maximum Gasteiger partial charge on any atom is 0.410 e. The molecule has 0 atom stereocenters. The van der Waals surface area contributed by atoms with Gasteiger partial charge in [-0.15, -0.1) is 0 Å². The van der Waals surface area contributed by atoms with Gasteiger partial charge in [-0.2, -0.15) is 5.26 Å². The fraction of sp³-hybridized carbons (Fsp3) is 0.429. The average molecular weight is 505 g/mol. The molecular formula is C28H29FN4O4. The van der Waals surface area contributed by atoms with Gasteiger partial charge in [0, 0.05) is 19.1 Å². The van der Waals surface area contributed by atoms with Gasteiger partial charge >= 0.3 is 6.09 Å². The molecular weight excluding hydrogens is 475 g/mol. The standard InChI is InChI=1S/C28H29FN4O4/c1-27(2,3)37-26(35)32-11-9-28(10-12-32)14-18(15-28)33-17-31-23-8-7-19(13-20(23)25(33)34)36-24-6-4-5-22(29)21(24)16-30/h4-8,13,17-18H,9-12,14-15H2,1-3H3. The van der Waals surface area contributed by atoms with Crippen LogP contribution in [0.15, 0.2) is 47.5 Å². The first-order valence-electron chi connectivity index (χ1n) is 12.4. The van der Waals surface area contributed by atoms with E-state index >= 15 is 0 Å². The number of likely N-dealkylation sites (tertiary alicyclic amines) is 1. The van der Waals surface area contributed by atoms with Crippen molar-refractivity contribution in [3.8, 4) is 17.6 Å². The molecule has 1 aliphatic carbocycles. The Labute approximate surface area is 214 Å². The van der Waals surface area contributed by atoms with Gasteiger partial charge in [0.15, 0.2) is 0 Å². The van der Waals surface area contributed by atoms with E-state index in [1.54, 1.807) is 34.0 Å². The van der Waals surface area contributed by atoms with Gasteiger partial charge in [0.2, 0.25) is 0 Å². The van der Waals surface area contributed by atoms with Crippen LogP contribution in [0.5, 0.6) is 11.5 Å². The number of benzene rings is 2. The van der Waals surface area contributed by atoms with Gasteiger partial charge in [0.25, 0.3) is 5.56 Å². The molecule has 0 bridgehead atoms. The molecule has 8 nitrogen and oxygen atoms in total. The first-order chi connectivity index (χ1) is 17.6. The molecule has 2 aliphatic rings. The Morgan fingerprint density at radius 3 is 2.59 bits per heavy atom. The largest absolute Gasteiger partial charge is 0.456 e. The number of aromatic nitrogens is 2. The molecule has 37 heavy (non-hydrogen) atoms. The highest BCUT2D eigenvalue weighted by Crippen LogP contribution is 2.54. The smallest absolute Gasteiger partial charge is 0.410 e. The Hall–Kier alpha value is -3.93. The van der Waals surface area contributed by atoms with E-state index in [0.29, 0.717) is 29.7 Å². The summed E-state index contributed by atoms with van der Waals surface area (Å²) in [5, 5.41) is 9.66. The maximum absolute atomic E-state index is 13.9. The van der Waals surface area contributed by atoms with Gasteiger partial charge < -0.3 is 14.4 Å². The van der Waals surface area contributed by atoms with Crippen LogP contribution in [-0.2, 0) is 4.74 Å². The van der Waals surface area contributed by atoms with Crippen molar-refractivity contribution in [3.63, 3.8) is 0 Å². The molecule has 0 N–H and O–H groups in total. The van der Waals surface area contributed by atoms with E-state index < -0.39 is 11.4 Å². The molecule has 1 saturated heterocycles. The minimum atomic E-state index is -0.666. The summed E-state index contributed by atoms with van der Waals surface area (Å²) in [4.78, 5) is 32.0. The Balaban J connectivity index is 1.29. The lowest BCUT2D eigenvalue weighted by atomic mass is 9.60. The molecule has 1 aromatic heterocycles. The van der Waals surface area contributed by atoms with E-state index in [2.05, 4.69) is 4.98 Å². The van der Waals surface area contributed by atoms with Crippen LogP contribution in [0.25, 0.3) is 10.9 Å². The van der Waals surface area contributed by atoms with Crippen molar-refractivity contribution in [3.05, 3.63) is 64.5 Å². The van der Waals surface area contributed by atoms with E-state index in [0.717, 1.165) is 25.7 Å². The zero-order valence-corrected chi connectivity index (χ0v) is 21.2. The van der Waals surface area contributed by atoms with Gasteiger partial charge in [0.1, 0.15) is 34.5 Å². The van der Waals surface area contributed by atoms with Gasteiger partial charge in [-0.05, 0) is 82.2 Å². The van der Waals surface area contributed by atoms with Gasteiger partial charge in [-0.25, -0.2) is 14.2 Å². The van der Waals surface area contributed by atoms with Crippen molar-refractivity contribution in [1.29, 1.82) is 5.26 Å². The summed E-state index contributed by atoms with van der Waals surface area (Å²) in [6, 6.07) is 10.9. The Kier molecular flexibility index (Phi) is 6.14. The molecule has 1 saturated carbocycles. The molecule has 9 heteroatoms. The van der Waals surface area contributed by atoms with Crippen LogP contribution in [0.2, 0.25) is 0 Å². The quantitative estimate of drug-likeness (QED) is 0.464. The minimum absolute atomic E-state index is 0.0375. The van der Waals surface area contributed by atoms with Crippen LogP contribution in [0, 0.1) is 22.6 Å². The second kappa shape index (κ2) is 9.18. The van der Waals surface area contributed by atoms with E-state index in [9.17, 15) is 19.2 Å². The molecule has 192 valence electrons.